The van der Waals surface area contributed by atoms with Crippen molar-refractivity contribution in [2.24, 2.45) is 0 Å². The molecule has 4 rings (SSSR count). The lowest BCUT2D eigenvalue weighted by molar-refractivity contribution is 0.102. The number of halogens is 2. The Labute approximate surface area is 195 Å². The average molecular weight is 501 g/mol. The number of nitrogens with one attached hydrogen (secondary N) is 1. The molecule has 5 nitrogen and oxygen atoms in total. The van der Waals surface area contributed by atoms with Crippen LogP contribution < -0.4 is 5.32 Å². The molecule has 1 atom stereocenters. The first-order chi connectivity index (χ1) is 14.9. The summed E-state index contributed by atoms with van der Waals surface area (Å²) < 4.78 is 1.00. The van der Waals surface area contributed by atoms with E-state index in [1.165, 1.54) is 0 Å². The van der Waals surface area contributed by atoms with Crippen molar-refractivity contribution in [3.05, 3.63) is 81.0 Å². The van der Waals surface area contributed by atoms with Crippen LogP contribution in [-0.4, -0.2) is 40.1 Å². The molecule has 2 heterocycles. The van der Waals surface area contributed by atoms with Crippen LogP contribution >= 0.6 is 27.5 Å². The lowest BCUT2D eigenvalue weighted by atomic mass is 10.00. The van der Waals surface area contributed by atoms with Gasteiger partial charge in [0.1, 0.15) is 5.69 Å². The molecule has 1 fully saturated rings. The molecule has 2 N–H and O–H groups in total. The van der Waals surface area contributed by atoms with Crippen LogP contribution in [0.4, 0.5) is 5.69 Å². The summed E-state index contributed by atoms with van der Waals surface area (Å²) in [6.45, 7) is 4.28. The minimum Gasteiger partial charge on any atom is -0.392 e. The van der Waals surface area contributed by atoms with Crippen molar-refractivity contribution in [2.75, 3.05) is 18.4 Å². The van der Waals surface area contributed by atoms with Crippen LogP contribution in [0.1, 0.15) is 28.0 Å². The lowest BCUT2D eigenvalue weighted by Gasteiger charge is -2.15. The van der Waals surface area contributed by atoms with Crippen molar-refractivity contribution >= 4 is 39.1 Å². The quantitative estimate of drug-likeness (QED) is 0.499. The third kappa shape index (κ3) is 4.99. The summed E-state index contributed by atoms with van der Waals surface area (Å²) in [6, 6.07) is 15.2. The Hall–Kier alpha value is -2.25. The third-order valence-corrected chi connectivity index (χ3v) is 6.78. The van der Waals surface area contributed by atoms with Gasteiger partial charge < -0.3 is 10.4 Å². The van der Waals surface area contributed by atoms with E-state index in [0.29, 0.717) is 29.5 Å². The van der Waals surface area contributed by atoms with E-state index in [9.17, 15) is 9.90 Å². The normalized spacial score (nSPS) is 16.5. The number of aromatic nitrogens is 1. The second-order valence-corrected chi connectivity index (χ2v) is 9.00. The van der Waals surface area contributed by atoms with Crippen molar-refractivity contribution in [3.8, 4) is 11.1 Å². The van der Waals surface area contributed by atoms with E-state index in [0.717, 1.165) is 39.7 Å². The minimum absolute atomic E-state index is 0.251. The standard InChI is InChI=1S/C24H23BrClN3O2/c1-15-18(4-2-6-20(15)25)19-5-3-7-21(23(19)26)28-24(31)22-9-8-16(12-27-22)13-29-11-10-17(30)14-29/h2-9,12,17,30H,10-11,13-14H2,1H3,(H,28,31)/t17-/m1/s1. The Bertz CT molecular complexity index is 1100. The summed E-state index contributed by atoms with van der Waals surface area (Å²) in [5, 5.41) is 13.0. The summed E-state index contributed by atoms with van der Waals surface area (Å²) in [7, 11) is 0. The topological polar surface area (TPSA) is 65.5 Å². The Kier molecular flexibility index (Phi) is 6.72. The minimum atomic E-state index is -0.312. The Morgan fingerprint density at radius 2 is 2.00 bits per heavy atom. The van der Waals surface area contributed by atoms with E-state index in [1.807, 2.05) is 43.3 Å². The fraction of sp³-hybridized carbons (Fsp3) is 0.250. The van der Waals surface area contributed by atoms with Gasteiger partial charge in [-0.25, -0.2) is 0 Å². The Morgan fingerprint density at radius 3 is 2.71 bits per heavy atom. The number of aliphatic hydroxyl groups excluding tert-OH is 1. The van der Waals surface area contributed by atoms with Gasteiger partial charge in [-0.2, -0.15) is 0 Å². The number of benzene rings is 2. The van der Waals surface area contributed by atoms with Crippen LogP contribution in [-0.2, 0) is 6.54 Å². The second-order valence-electron chi connectivity index (χ2n) is 7.76. The van der Waals surface area contributed by atoms with Crippen LogP contribution in [0.5, 0.6) is 0 Å². The van der Waals surface area contributed by atoms with E-state index in [1.54, 1.807) is 18.3 Å². The summed E-state index contributed by atoms with van der Waals surface area (Å²) in [5.74, 6) is -0.312. The van der Waals surface area contributed by atoms with E-state index in [4.69, 9.17) is 11.6 Å². The lowest BCUT2D eigenvalue weighted by Crippen LogP contribution is -2.21. The van der Waals surface area contributed by atoms with Crippen LogP contribution in [0.25, 0.3) is 11.1 Å². The Morgan fingerprint density at radius 1 is 1.23 bits per heavy atom. The van der Waals surface area contributed by atoms with Crippen molar-refractivity contribution in [3.63, 3.8) is 0 Å². The van der Waals surface area contributed by atoms with Crippen molar-refractivity contribution in [1.29, 1.82) is 0 Å². The zero-order chi connectivity index (χ0) is 22.0. The zero-order valence-corrected chi connectivity index (χ0v) is 19.4. The van der Waals surface area contributed by atoms with Crippen LogP contribution in [0.3, 0.4) is 0 Å². The number of aliphatic hydroxyl groups is 1. The van der Waals surface area contributed by atoms with Crippen LogP contribution in [0.2, 0.25) is 5.02 Å². The fourth-order valence-corrected chi connectivity index (χ4v) is 4.43. The van der Waals surface area contributed by atoms with Gasteiger partial charge >= 0.3 is 0 Å². The highest BCUT2D eigenvalue weighted by Gasteiger charge is 2.20. The van der Waals surface area contributed by atoms with Gasteiger partial charge in [0.05, 0.1) is 16.8 Å². The average Bonchev–Trinajstić information content (AvgIpc) is 3.17. The first kappa shape index (κ1) is 22.0. The van der Waals surface area contributed by atoms with Gasteiger partial charge in [0.25, 0.3) is 5.91 Å². The molecule has 1 aliphatic heterocycles. The molecule has 0 spiro atoms. The highest BCUT2D eigenvalue weighted by molar-refractivity contribution is 9.10. The number of β-amino-alcohol motifs (C(OH)–C–C–N with tert-alkyl or cyclic N) is 1. The number of pyridine rings is 1. The second kappa shape index (κ2) is 9.49. The smallest absolute Gasteiger partial charge is 0.274 e. The molecule has 0 aliphatic carbocycles. The van der Waals surface area contributed by atoms with Gasteiger partial charge in [0.15, 0.2) is 0 Å². The van der Waals surface area contributed by atoms with E-state index in [-0.39, 0.29) is 12.0 Å². The number of hydrogen-bond acceptors (Lipinski definition) is 4. The van der Waals surface area contributed by atoms with Gasteiger partial charge in [-0.15, -0.1) is 0 Å². The summed E-state index contributed by atoms with van der Waals surface area (Å²) in [5.41, 5.74) is 4.82. The number of nitrogens with zero attached hydrogens (tertiary/aromatic N) is 2. The third-order valence-electron chi connectivity index (χ3n) is 5.52. The molecule has 0 bridgehead atoms. The highest BCUT2D eigenvalue weighted by Crippen LogP contribution is 2.37. The SMILES string of the molecule is Cc1c(Br)cccc1-c1cccc(NC(=O)c2ccc(CN3CC[C@@H](O)C3)cn2)c1Cl. The molecule has 2 aromatic carbocycles. The molecule has 0 unspecified atom stereocenters. The molecule has 0 radical (unpaired) electrons. The molecule has 1 saturated heterocycles. The molecule has 1 aromatic heterocycles. The number of carbonyl (C=O) groups excluding carboxylic acids is 1. The maximum absolute atomic E-state index is 12.8. The summed E-state index contributed by atoms with van der Waals surface area (Å²) in [4.78, 5) is 19.2. The maximum atomic E-state index is 12.8. The number of rotatable bonds is 5. The van der Waals surface area contributed by atoms with Crippen molar-refractivity contribution < 1.29 is 9.90 Å². The van der Waals surface area contributed by atoms with E-state index < -0.39 is 0 Å². The van der Waals surface area contributed by atoms with E-state index >= 15 is 0 Å². The first-order valence-corrected chi connectivity index (χ1v) is 11.3. The van der Waals surface area contributed by atoms with Gasteiger partial charge in [0.2, 0.25) is 0 Å². The van der Waals surface area contributed by atoms with Crippen LogP contribution in [0, 0.1) is 6.92 Å². The predicted molar refractivity (Wildman–Crippen MR) is 127 cm³/mol. The molecular formula is C24H23BrClN3O2. The van der Waals surface area contributed by atoms with E-state index in [2.05, 4.69) is 31.1 Å². The molecule has 1 aliphatic rings. The summed E-state index contributed by atoms with van der Waals surface area (Å²) in [6.07, 6.45) is 2.26. The molecule has 31 heavy (non-hydrogen) atoms. The number of anilines is 1. The van der Waals surface area contributed by atoms with Crippen molar-refractivity contribution in [1.82, 2.24) is 9.88 Å². The summed E-state index contributed by atoms with van der Waals surface area (Å²) >= 11 is 10.2. The number of carbonyl (C=O) groups is 1. The maximum Gasteiger partial charge on any atom is 0.274 e. The van der Waals surface area contributed by atoms with Gasteiger partial charge in [-0.1, -0.05) is 57.9 Å². The number of hydrogen-bond donors (Lipinski definition) is 2. The highest BCUT2D eigenvalue weighted by atomic mass is 79.9. The predicted octanol–water partition coefficient (Wildman–Crippen LogP) is 5.29. The fourth-order valence-electron chi connectivity index (χ4n) is 3.79. The first-order valence-electron chi connectivity index (χ1n) is 10.1. The molecule has 160 valence electrons. The number of amides is 1. The van der Waals surface area contributed by atoms with Crippen molar-refractivity contribution in [2.45, 2.75) is 26.0 Å². The monoisotopic (exact) mass is 499 g/mol. The zero-order valence-electron chi connectivity index (χ0n) is 17.1. The van der Waals surface area contributed by atoms with Gasteiger partial charge in [-0.05, 0) is 48.2 Å². The van der Waals surface area contributed by atoms with Gasteiger partial charge in [0, 0.05) is 35.9 Å². The van der Waals surface area contributed by atoms with Crippen LogP contribution in [0.15, 0.2) is 59.2 Å². The molecule has 3 aromatic rings. The van der Waals surface area contributed by atoms with Gasteiger partial charge in [-0.3, -0.25) is 14.7 Å². The molecular weight excluding hydrogens is 478 g/mol. The largest absolute Gasteiger partial charge is 0.392 e. The molecule has 7 heteroatoms. The Balaban J connectivity index is 1.49. The molecule has 1 amide bonds. The molecule has 0 saturated carbocycles. The number of likely N-dealkylation sites (tertiary alicyclic amines) is 1.